The lowest BCUT2D eigenvalue weighted by molar-refractivity contribution is 0.0368. The number of aryl methyl sites for hydroxylation is 2. The molecule has 3 aromatic rings. The van der Waals surface area contributed by atoms with Gasteiger partial charge >= 0.3 is 0 Å². The lowest BCUT2D eigenvalue weighted by Crippen LogP contribution is -2.41. The van der Waals surface area contributed by atoms with Crippen LogP contribution >= 0.6 is 0 Å². The fourth-order valence-corrected chi connectivity index (χ4v) is 5.24. The molecule has 2 aromatic heterocycles. The highest BCUT2D eigenvalue weighted by atomic mass is 16.5. The van der Waals surface area contributed by atoms with Gasteiger partial charge in [-0.3, -0.25) is 9.69 Å². The van der Waals surface area contributed by atoms with Gasteiger partial charge in [0, 0.05) is 25.3 Å². The predicted molar refractivity (Wildman–Crippen MR) is 138 cm³/mol. The summed E-state index contributed by atoms with van der Waals surface area (Å²) in [6.07, 6.45) is 3.15. The van der Waals surface area contributed by atoms with Crippen molar-refractivity contribution in [2.45, 2.75) is 92.0 Å². The van der Waals surface area contributed by atoms with Crippen molar-refractivity contribution in [2.24, 2.45) is 5.92 Å². The Balaban J connectivity index is 1.78. The molecule has 0 spiro atoms. The van der Waals surface area contributed by atoms with Gasteiger partial charge in [-0.25, -0.2) is 4.68 Å². The fraction of sp³-hybridized carbons (Fsp3) is 0.630. The zero-order chi connectivity index (χ0) is 25.3. The van der Waals surface area contributed by atoms with Gasteiger partial charge in [-0.15, -0.1) is 5.10 Å². The lowest BCUT2D eigenvalue weighted by Gasteiger charge is -2.36. The van der Waals surface area contributed by atoms with E-state index in [2.05, 4.69) is 79.1 Å². The molecule has 0 radical (unpaired) electrons. The normalized spacial score (nSPS) is 17.7. The Morgan fingerprint density at radius 1 is 1.26 bits per heavy atom. The molecule has 0 amide bonds. The third kappa shape index (κ3) is 5.33. The molecular formula is C27H40N6O2. The summed E-state index contributed by atoms with van der Waals surface area (Å²) in [6, 6.07) is 6.23. The zero-order valence-corrected chi connectivity index (χ0v) is 22.3. The van der Waals surface area contributed by atoms with E-state index >= 15 is 0 Å². The average molecular weight is 481 g/mol. The molecule has 1 N–H and O–H groups in total. The van der Waals surface area contributed by atoms with Crippen molar-refractivity contribution in [3.63, 3.8) is 0 Å². The van der Waals surface area contributed by atoms with E-state index in [4.69, 9.17) is 4.74 Å². The molecule has 1 aliphatic heterocycles. The number of aromatic nitrogens is 5. The standard InChI is InChI=1S/C27H40N6O2/c1-8-27(6,7)33-25(29-30-31-33)24(17(2)3)32(16-22-10-9-11-35-22)15-21-14-20-13-18(4)12-19(5)23(20)28-26(21)34/h12-14,17,22,24H,8-11,15-16H2,1-7H3,(H,28,34)/t22-,24-/m1/s1. The van der Waals surface area contributed by atoms with Gasteiger partial charge in [0.15, 0.2) is 5.82 Å². The second-order valence-electron chi connectivity index (χ2n) is 11.0. The number of nitrogens with zero attached hydrogens (tertiary/aromatic N) is 5. The Bertz CT molecular complexity index is 1220. The molecule has 3 heterocycles. The Labute approximate surface area is 208 Å². The number of hydrogen-bond acceptors (Lipinski definition) is 6. The van der Waals surface area contributed by atoms with Gasteiger partial charge in [-0.1, -0.05) is 32.4 Å². The molecule has 1 aromatic carbocycles. The van der Waals surface area contributed by atoms with Crippen LogP contribution in [0.25, 0.3) is 10.9 Å². The molecule has 0 bridgehead atoms. The molecule has 0 unspecified atom stereocenters. The van der Waals surface area contributed by atoms with Crippen LogP contribution < -0.4 is 5.56 Å². The SMILES string of the molecule is CCC(C)(C)n1nnnc1[C@@H](C(C)C)N(Cc1cc2cc(C)cc(C)c2[nH]c1=O)C[C@H]1CCCO1. The number of hydrogen-bond donors (Lipinski definition) is 1. The number of rotatable bonds is 9. The maximum atomic E-state index is 13.2. The molecule has 0 saturated carbocycles. The molecule has 1 aliphatic rings. The minimum atomic E-state index is -0.211. The van der Waals surface area contributed by atoms with Crippen LogP contribution in [0.15, 0.2) is 23.0 Å². The van der Waals surface area contributed by atoms with Crippen molar-refractivity contribution in [1.82, 2.24) is 30.1 Å². The van der Waals surface area contributed by atoms with Crippen LogP contribution in [0.1, 0.15) is 82.4 Å². The quantitative estimate of drug-likeness (QED) is 0.479. The van der Waals surface area contributed by atoms with Crippen LogP contribution in [0.2, 0.25) is 0 Å². The molecular weight excluding hydrogens is 440 g/mol. The molecule has 2 atom stereocenters. The fourth-order valence-electron chi connectivity index (χ4n) is 5.24. The van der Waals surface area contributed by atoms with Crippen LogP contribution in [-0.4, -0.2) is 49.3 Å². The molecule has 0 aliphatic carbocycles. The summed E-state index contributed by atoms with van der Waals surface area (Å²) in [4.78, 5) is 18.7. The van der Waals surface area contributed by atoms with Gasteiger partial charge in [0.2, 0.25) is 0 Å². The van der Waals surface area contributed by atoms with Crippen molar-refractivity contribution >= 4 is 10.9 Å². The third-order valence-electron chi connectivity index (χ3n) is 7.43. The highest BCUT2D eigenvalue weighted by molar-refractivity contribution is 5.82. The Kier molecular flexibility index (Phi) is 7.43. The van der Waals surface area contributed by atoms with E-state index in [1.807, 2.05) is 17.7 Å². The molecule has 4 rings (SSSR count). The first-order chi connectivity index (χ1) is 16.6. The Morgan fingerprint density at radius 2 is 2.03 bits per heavy atom. The van der Waals surface area contributed by atoms with E-state index in [9.17, 15) is 4.79 Å². The van der Waals surface area contributed by atoms with Crippen LogP contribution in [0.4, 0.5) is 0 Å². The largest absolute Gasteiger partial charge is 0.377 e. The highest BCUT2D eigenvalue weighted by Crippen LogP contribution is 2.33. The van der Waals surface area contributed by atoms with Crippen LogP contribution in [0.3, 0.4) is 0 Å². The van der Waals surface area contributed by atoms with Gasteiger partial charge in [0.1, 0.15) is 0 Å². The maximum Gasteiger partial charge on any atom is 0.252 e. The van der Waals surface area contributed by atoms with Crippen molar-refractivity contribution in [1.29, 1.82) is 0 Å². The summed E-state index contributed by atoms with van der Waals surface area (Å²) < 4.78 is 8.00. The maximum absolute atomic E-state index is 13.2. The lowest BCUT2D eigenvalue weighted by atomic mass is 9.97. The zero-order valence-electron chi connectivity index (χ0n) is 22.3. The highest BCUT2D eigenvalue weighted by Gasteiger charge is 2.35. The number of pyridine rings is 1. The smallest absolute Gasteiger partial charge is 0.252 e. The first-order valence-electron chi connectivity index (χ1n) is 12.9. The first-order valence-corrected chi connectivity index (χ1v) is 12.9. The van der Waals surface area contributed by atoms with Crippen molar-refractivity contribution in [2.75, 3.05) is 13.2 Å². The molecule has 190 valence electrons. The second-order valence-corrected chi connectivity index (χ2v) is 11.0. The Hall–Kier alpha value is -2.58. The summed E-state index contributed by atoms with van der Waals surface area (Å²) in [5, 5.41) is 14.0. The number of nitrogens with one attached hydrogen (secondary N) is 1. The van der Waals surface area contributed by atoms with Gasteiger partial charge < -0.3 is 9.72 Å². The van der Waals surface area contributed by atoms with E-state index in [-0.39, 0.29) is 29.2 Å². The molecule has 8 nitrogen and oxygen atoms in total. The second kappa shape index (κ2) is 10.2. The minimum absolute atomic E-state index is 0.0437. The Morgan fingerprint density at radius 3 is 2.69 bits per heavy atom. The number of tetrazole rings is 1. The van der Waals surface area contributed by atoms with Gasteiger partial charge in [0.25, 0.3) is 5.56 Å². The topological polar surface area (TPSA) is 88.9 Å². The van der Waals surface area contributed by atoms with E-state index in [1.54, 1.807) is 0 Å². The van der Waals surface area contributed by atoms with E-state index in [0.717, 1.165) is 60.3 Å². The summed E-state index contributed by atoms with van der Waals surface area (Å²) in [5.41, 5.74) is 3.67. The predicted octanol–water partition coefficient (Wildman–Crippen LogP) is 4.65. The number of H-pyrrole nitrogens is 1. The van der Waals surface area contributed by atoms with Crippen molar-refractivity contribution in [3.05, 3.63) is 51.1 Å². The first kappa shape index (κ1) is 25.5. The van der Waals surface area contributed by atoms with E-state index < -0.39 is 0 Å². The number of aromatic amines is 1. The summed E-state index contributed by atoms with van der Waals surface area (Å²) >= 11 is 0. The van der Waals surface area contributed by atoms with Crippen molar-refractivity contribution < 1.29 is 4.74 Å². The molecule has 1 saturated heterocycles. The van der Waals surface area contributed by atoms with E-state index in [1.165, 1.54) is 5.56 Å². The third-order valence-corrected chi connectivity index (χ3v) is 7.43. The van der Waals surface area contributed by atoms with E-state index in [0.29, 0.717) is 6.54 Å². The molecule has 8 heteroatoms. The number of fused-ring (bicyclic) bond motifs is 1. The number of benzene rings is 1. The summed E-state index contributed by atoms with van der Waals surface area (Å²) in [6.45, 7) is 17.0. The summed E-state index contributed by atoms with van der Waals surface area (Å²) in [5.74, 6) is 1.08. The monoisotopic (exact) mass is 480 g/mol. The van der Waals surface area contributed by atoms with Crippen LogP contribution in [0, 0.1) is 19.8 Å². The number of ether oxygens (including phenoxy) is 1. The summed E-state index contributed by atoms with van der Waals surface area (Å²) in [7, 11) is 0. The van der Waals surface area contributed by atoms with Crippen LogP contribution in [-0.2, 0) is 16.8 Å². The minimum Gasteiger partial charge on any atom is -0.377 e. The molecule has 1 fully saturated rings. The average Bonchev–Trinajstić information content (AvgIpc) is 3.47. The van der Waals surface area contributed by atoms with Gasteiger partial charge in [-0.05, 0) is 86.4 Å². The van der Waals surface area contributed by atoms with Crippen molar-refractivity contribution in [3.8, 4) is 0 Å². The van der Waals surface area contributed by atoms with Gasteiger partial charge in [-0.2, -0.15) is 0 Å². The van der Waals surface area contributed by atoms with Gasteiger partial charge in [0.05, 0.1) is 23.2 Å². The molecule has 35 heavy (non-hydrogen) atoms. The van der Waals surface area contributed by atoms with Crippen LogP contribution in [0.5, 0.6) is 0 Å².